The number of hydrogen-bond donors (Lipinski definition) is 0. The maximum atomic E-state index is 11.9. The molecule has 1 aromatic heterocycles. The van der Waals surface area contributed by atoms with Crippen LogP contribution in [0.5, 0.6) is 17.2 Å². The second-order valence-electron chi connectivity index (χ2n) is 4.45. The van der Waals surface area contributed by atoms with E-state index in [1.54, 1.807) is 30.0 Å². The van der Waals surface area contributed by atoms with Gasteiger partial charge in [-0.25, -0.2) is 0 Å². The Kier molecular flexibility index (Phi) is 5.26. The molecule has 0 aliphatic rings. The van der Waals surface area contributed by atoms with Crippen LogP contribution in [0.2, 0.25) is 0 Å². The molecule has 0 aliphatic carbocycles. The molecule has 0 fully saturated rings. The fourth-order valence-electron chi connectivity index (χ4n) is 1.94. The summed E-state index contributed by atoms with van der Waals surface area (Å²) in [4.78, 5) is 11.9. The van der Waals surface area contributed by atoms with Gasteiger partial charge in [0.2, 0.25) is 0 Å². The molecular formula is C16H19NO4. The summed E-state index contributed by atoms with van der Waals surface area (Å²) < 4.78 is 17.3. The van der Waals surface area contributed by atoms with Gasteiger partial charge in [0, 0.05) is 12.7 Å². The Labute approximate surface area is 123 Å². The Morgan fingerprint density at radius 3 is 2.38 bits per heavy atom. The number of benzene rings is 1. The van der Waals surface area contributed by atoms with Gasteiger partial charge in [-0.15, -0.1) is 0 Å². The van der Waals surface area contributed by atoms with E-state index >= 15 is 0 Å². The van der Waals surface area contributed by atoms with Gasteiger partial charge in [-0.1, -0.05) is 0 Å². The first kappa shape index (κ1) is 15.0. The summed E-state index contributed by atoms with van der Waals surface area (Å²) in [6, 6.07) is 10.9. The zero-order valence-electron chi connectivity index (χ0n) is 12.2. The molecule has 0 saturated carbocycles. The van der Waals surface area contributed by atoms with Crippen molar-refractivity contribution >= 4 is 0 Å². The van der Waals surface area contributed by atoms with E-state index in [0.29, 0.717) is 18.9 Å². The number of ether oxygens (including phenoxy) is 3. The number of pyridine rings is 1. The maximum Gasteiger partial charge on any atom is 0.292 e. The average molecular weight is 289 g/mol. The Hall–Kier alpha value is -2.43. The van der Waals surface area contributed by atoms with Crippen molar-refractivity contribution in [1.82, 2.24) is 4.57 Å². The second-order valence-corrected chi connectivity index (χ2v) is 4.45. The fraction of sp³-hybridized carbons (Fsp3) is 0.312. The number of aromatic nitrogens is 1. The Morgan fingerprint density at radius 2 is 1.71 bits per heavy atom. The predicted octanol–water partition coefficient (Wildman–Crippen LogP) is 2.33. The number of nitrogens with zero attached hydrogens (tertiary/aromatic N) is 1. The lowest BCUT2D eigenvalue weighted by atomic mass is 10.3. The molecule has 0 N–H and O–H groups in total. The molecule has 1 heterocycles. The van der Waals surface area contributed by atoms with Gasteiger partial charge in [-0.2, -0.15) is 0 Å². The summed E-state index contributed by atoms with van der Waals surface area (Å²) in [5, 5.41) is 0. The second kappa shape index (κ2) is 7.38. The van der Waals surface area contributed by atoms with Crippen LogP contribution in [0.3, 0.4) is 0 Å². The Balaban J connectivity index is 1.83. The molecule has 21 heavy (non-hydrogen) atoms. The largest absolute Gasteiger partial charge is 0.497 e. The molecule has 0 atom stereocenters. The number of methoxy groups -OCH3 is 2. The molecule has 0 unspecified atom stereocenters. The fourth-order valence-corrected chi connectivity index (χ4v) is 1.94. The first-order valence-electron chi connectivity index (χ1n) is 6.75. The molecule has 0 spiro atoms. The van der Waals surface area contributed by atoms with Crippen molar-refractivity contribution in [2.45, 2.75) is 13.0 Å². The normalized spacial score (nSPS) is 10.2. The third-order valence-electron chi connectivity index (χ3n) is 3.08. The van der Waals surface area contributed by atoms with Gasteiger partial charge in [-0.3, -0.25) is 4.79 Å². The highest BCUT2D eigenvalue weighted by Gasteiger charge is 2.02. The molecule has 5 heteroatoms. The van der Waals surface area contributed by atoms with Crippen molar-refractivity contribution < 1.29 is 14.2 Å². The van der Waals surface area contributed by atoms with E-state index in [-0.39, 0.29) is 5.56 Å². The monoisotopic (exact) mass is 289 g/mol. The summed E-state index contributed by atoms with van der Waals surface area (Å²) in [6.07, 6.45) is 2.48. The van der Waals surface area contributed by atoms with E-state index < -0.39 is 0 Å². The van der Waals surface area contributed by atoms with E-state index in [2.05, 4.69) is 0 Å². The number of hydrogen-bond acceptors (Lipinski definition) is 4. The lowest BCUT2D eigenvalue weighted by molar-refractivity contribution is 0.299. The molecule has 5 nitrogen and oxygen atoms in total. The van der Waals surface area contributed by atoms with Gasteiger partial charge in [0.05, 0.1) is 20.8 Å². The van der Waals surface area contributed by atoms with Crippen LogP contribution in [-0.2, 0) is 6.54 Å². The van der Waals surface area contributed by atoms with Crippen molar-refractivity contribution in [3.63, 3.8) is 0 Å². The Bertz CT molecular complexity index is 619. The van der Waals surface area contributed by atoms with Crippen molar-refractivity contribution in [2.24, 2.45) is 0 Å². The zero-order valence-corrected chi connectivity index (χ0v) is 12.2. The van der Waals surface area contributed by atoms with Crippen molar-refractivity contribution in [2.75, 3.05) is 20.8 Å². The summed E-state index contributed by atoms with van der Waals surface area (Å²) >= 11 is 0. The van der Waals surface area contributed by atoms with Gasteiger partial charge in [0.1, 0.15) is 11.5 Å². The van der Waals surface area contributed by atoms with Crippen LogP contribution in [0.4, 0.5) is 0 Å². The van der Waals surface area contributed by atoms with Gasteiger partial charge in [0.25, 0.3) is 5.56 Å². The van der Waals surface area contributed by atoms with Gasteiger partial charge < -0.3 is 18.8 Å². The average Bonchev–Trinajstić information content (AvgIpc) is 2.53. The first-order valence-corrected chi connectivity index (χ1v) is 6.75. The number of rotatable bonds is 7. The molecule has 0 saturated heterocycles. The molecule has 1 aromatic carbocycles. The van der Waals surface area contributed by atoms with E-state index in [0.717, 1.165) is 17.9 Å². The van der Waals surface area contributed by atoms with Crippen molar-refractivity contribution in [3.05, 3.63) is 52.9 Å². The quantitative estimate of drug-likeness (QED) is 0.734. The highest BCUT2D eigenvalue weighted by molar-refractivity contribution is 5.31. The van der Waals surface area contributed by atoms with Gasteiger partial charge in [-0.05, 0) is 42.8 Å². The smallest absolute Gasteiger partial charge is 0.292 e. The topological polar surface area (TPSA) is 49.7 Å². The molecule has 2 aromatic rings. The summed E-state index contributed by atoms with van der Waals surface area (Å²) in [6.45, 7) is 1.13. The molecule has 2 rings (SSSR count). The maximum absolute atomic E-state index is 11.9. The van der Waals surface area contributed by atoms with E-state index in [9.17, 15) is 4.79 Å². The summed E-state index contributed by atoms with van der Waals surface area (Å²) in [5.74, 6) is 1.94. The molecule has 0 amide bonds. The predicted molar refractivity (Wildman–Crippen MR) is 80.4 cm³/mol. The van der Waals surface area contributed by atoms with Crippen LogP contribution in [0.25, 0.3) is 0 Å². The van der Waals surface area contributed by atoms with Gasteiger partial charge in [0.15, 0.2) is 5.75 Å². The van der Waals surface area contributed by atoms with Crippen LogP contribution in [0, 0.1) is 0 Å². The summed E-state index contributed by atoms with van der Waals surface area (Å²) in [7, 11) is 3.12. The van der Waals surface area contributed by atoms with Crippen LogP contribution in [0.15, 0.2) is 47.4 Å². The number of aryl methyl sites for hydroxylation is 1. The zero-order chi connectivity index (χ0) is 15.1. The molecule has 112 valence electrons. The molecule has 0 aliphatic heterocycles. The summed E-state index contributed by atoms with van der Waals surface area (Å²) in [5.41, 5.74) is -0.121. The SMILES string of the molecule is COc1ccc(OCCCn2cccc(OC)c2=O)cc1. The Morgan fingerprint density at radius 1 is 1.00 bits per heavy atom. The van der Waals surface area contributed by atoms with Crippen molar-refractivity contribution in [3.8, 4) is 17.2 Å². The van der Waals surface area contributed by atoms with E-state index in [1.165, 1.54) is 7.11 Å². The van der Waals surface area contributed by atoms with E-state index in [1.807, 2.05) is 24.3 Å². The highest BCUT2D eigenvalue weighted by atomic mass is 16.5. The lowest BCUT2D eigenvalue weighted by Crippen LogP contribution is -2.21. The molecule has 0 bridgehead atoms. The standard InChI is InChI=1S/C16H19NO4/c1-19-13-6-8-14(9-7-13)21-12-4-11-17-10-3-5-15(20-2)16(17)18/h3,5-10H,4,11-12H2,1-2H3. The minimum atomic E-state index is -0.121. The van der Waals surface area contributed by atoms with Crippen LogP contribution in [-0.4, -0.2) is 25.4 Å². The molecule has 0 radical (unpaired) electrons. The lowest BCUT2D eigenvalue weighted by Gasteiger charge is -2.09. The highest BCUT2D eigenvalue weighted by Crippen LogP contribution is 2.17. The van der Waals surface area contributed by atoms with Crippen LogP contribution in [0.1, 0.15) is 6.42 Å². The van der Waals surface area contributed by atoms with Gasteiger partial charge >= 0.3 is 0 Å². The third-order valence-corrected chi connectivity index (χ3v) is 3.08. The molecular weight excluding hydrogens is 270 g/mol. The van der Waals surface area contributed by atoms with Crippen LogP contribution < -0.4 is 19.8 Å². The van der Waals surface area contributed by atoms with Crippen LogP contribution >= 0.6 is 0 Å². The third kappa shape index (κ3) is 4.02. The minimum Gasteiger partial charge on any atom is -0.497 e. The minimum absolute atomic E-state index is 0.121. The van der Waals surface area contributed by atoms with Crippen molar-refractivity contribution in [1.29, 1.82) is 0 Å². The first-order chi connectivity index (χ1) is 10.2. The van der Waals surface area contributed by atoms with E-state index in [4.69, 9.17) is 14.2 Å².